The van der Waals surface area contributed by atoms with Crippen molar-refractivity contribution in [3.63, 3.8) is 0 Å². The topological polar surface area (TPSA) is 29.3 Å². The number of rotatable bonds is 4. The van der Waals surface area contributed by atoms with Crippen molar-refractivity contribution >= 4 is 0 Å². The molecule has 2 N–H and O–H groups in total. The molecule has 1 heterocycles. The number of nitrogens with two attached hydrogens (primary N) is 1. The van der Waals surface area contributed by atoms with Crippen LogP contribution in [-0.2, 0) is 0 Å². The molecule has 1 aromatic rings. The predicted molar refractivity (Wildman–Crippen MR) is 72.9 cm³/mol. The fourth-order valence-corrected chi connectivity index (χ4v) is 3.04. The molecule has 1 fully saturated rings. The number of benzene rings is 1. The van der Waals surface area contributed by atoms with Crippen LogP contribution in [0.2, 0.25) is 0 Å². The third-order valence-corrected chi connectivity index (χ3v) is 3.97. The van der Waals surface area contributed by atoms with Crippen molar-refractivity contribution in [1.82, 2.24) is 4.90 Å². The van der Waals surface area contributed by atoms with Crippen molar-refractivity contribution < 1.29 is 0 Å². The lowest BCUT2D eigenvalue weighted by Crippen LogP contribution is -2.41. The van der Waals surface area contributed by atoms with E-state index in [1.54, 1.807) is 0 Å². The van der Waals surface area contributed by atoms with Gasteiger partial charge in [0.25, 0.3) is 0 Å². The van der Waals surface area contributed by atoms with Crippen LogP contribution in [0.15, 0.2) is 30.3 Å². The van der Waals surface area contributed by atoms with Crippen molar-refractivity contribution in [3.8, 4) is 0 Å². The van der Waals surface area contributed by atoms with Crippen LogP contribution in [0.5, 0.6) is 0 Å². The van der Waals surface area contributed by atoms with E-state index in [-0.39, 0.29) is 0 Å². The van der Waals surface area contributed by atoms with Crippen molar-refractivity contribution in [2.75, 3.05) is 13.1 Å². The molecule has 0 radical (unpaired) electrons. The SMILES string of the molecule is CC1(C)CCCN1C(CCN)c1ccccc1. The van der Waals surface area contributed by atoms with Crippen molar-refractivity contribution in [3.05, 3.63) is 35.9 Å². The van der Waals surface area contributed by atoms with E-state index >= 15 is 0 Å². The van der Waals surface area contributed by atoms with Gasteiger partial charge in [-0.2, -0.15) is 0 Å². The molecule has 0 bridgehead atoms. The molecular formula is C15H24N2. The van der Waals surface area contributed by atoms with Gasteiger partial charge < -0.3 is 5.73 Å². The Hall–Kier alpha value is -0.860. The van der Waals surface area contributed by atoms with Crippen molar-refractivity contribution in [1.29, 1.82) is 0 Å². The molecule has 2 nitrogen and oxygen atoms in total. The van der Waals surface area contributed by atoms with Crippen LogP contribution < -0.4 is 5.73 Å². The zero-order valence-corrected chi connectivity index (χ0v) is 11.0. The van der Waals surface area contributed by atoms with E-state index in [0.717, 1.165) is 13.0 Å². The summed E-state index contributed by atoms with van der Waals surface area (Å²) in [4.78, 5) is 2.63. The highest BCUT2D eigenvalue weighted by atomic mass is 15.2. The lowest BCUT2D eigenvalue weighted by molar-refractivity contribution is 0.110. The smallest absolute Gasteiger partial charge is 0.0365 e. The maximum Gasteiger partial charge on any atom is 0.0365 e. The summed E-state index contributed by atoms with van der Waals surface area (Å²) >= 11 is 0. The molecule has 1 atom stereocenters. The molecule has 1 aliphatic heterocycles. The second-order valence-corrected chi connectivity index (χ2v) is 5.61. The largest absolute Gasteiger partial charge is 0.330 e. The molecule has 1 aromatic carbocycles. The Kier molecular flexibility index (Phi) is 3.85. The number of nitrogens with zero attached hydrogens (tertiary/aromatic N) is 1. The molecule has 2 rings (SSSR count). The standard InChI is InChI=1S/C15H24N2/c1-15(2)10-6-12-17(15)14(9-11-16)13-7-4-3-5-8-13/h3-5,7-8,14H,6,9-12,16H2,1-2H3. The van der Waals surface area contributed by atoms with E-state index in [2.05, 4.69) is 49.1 Å². The van der Waals surface area contributed by atoms with Gasteiger partial charge in [-0.15, -0.1) is 0 Å². The second kappa shape index (κ2) is 5.19. The van der Waals surface area contributed by atoms with E-state index < -0.39 is 0 Å². The van der Waals surface area contributed by atoms with E-state index in [9.17, 15) is 0 Å². The maximum absolute atomic E-state index is 5.80. The lowest BCUT2D eigenvalue weighted by Gasteiger charge is -2.38. The molecule has 0 saturated carbocycles. The van der Waals surface area contributed by atoms with E-state index in [4.69, 9.17) is 5.73 Å². The Balaban J connectivity index is 2.23. The highest BCUT2D eigenvalue weighted by Crippen LogP contribution is 2.37. The van der Waals surface area contributed by atoms with E-state index in [1.807, 2.05) is 0 Å². The molecule has 94 valence electrons. The summed E-state index contributed by atoms with van der Waals surface area (Å²) in [7, 11) is 0. The van der Waals surface area contributed by atoms with Crippen LogP contribution in [0.4, 0.5) is 0 Å². The van der Waals surface area contributed by atoms with E-state index in [1.165, 1.54) is 24.9 Å². The van der Waals surface area contributed by atoms with Gasteiger partial charge in [0.2, 0.25) is 0 Å². The first-order chi connectivity index (χ1) is 8.15. The Morgan fingerprint density at radius 1 is 1.29 bits per heavy atom. The van der Waals surface area contributed by atoms with Crippen molar-refractivity contribution in [2.45, 2.75) is 44.7 Å². The molecule has 17 heavy (non-hydrogen) atoms. The average molecular weight is 232 g/mol. The van der Waals surface area contributed by atoms with Gasteiger partial charge in [-0.05, 0) is 51.8 Å². The Morgan fingerprint density at radius 3 is 2.53 bits per heavy atom. The van der Waals surface area contributed by atoms with Gasteiger partial charge in [0.1, 0.15) is 0 Å². The zero-order valence-electron chi connectivity index (χ0n) is 11.0. The molecule has 1 aliphatic rings. The van der Waals surface area contributed by atoms with Gasteiger partial charge in [0.05, 0.1) is 0 Å². The van der Waals surface area contributed by atoms with Gasteiger partial charge in [-0.25, -0.2) is 0 Å². The second-order valence-electron chi connectivity index (χ2n) is 5.61. The first-order valence-electron chi connectivity index (χ1n) is 6.67. The Morgan fingerprint density at radius 2 is 2.00 bits per heavy atom. The molecule has 0 aliphatic carbocycles. The first kappa shape index (κ1) is 12.6. The van der Waals surface area contributed by atoms with Crippen LogP contribution in [0, 0.1) is 0 Å². The van der Waals surface area contributed by atoms with Crippen LogP contribution >= 0.6 is 0 Å². The van der Waals surface area contributed by atoms with Gasteiger partial charge >= 0.3 is 0 Å². The molecule has 0 spiro atoms. The summed E-state index contributed by atoms with van der Waals surface area (Å²) in [6.45, 7) is 6.66. The highest BCUT2D eigenvalue weighted by molar-refractivity contribution is 5.20. The summed E-state index contributed by atoms with van der Waals surface area (Å²) in [5.74, 6) is 0. The molecule has 1 unspecified atom stereocenters. The van der Waals surface area contributed by atoms with Crippen LogP contribution in [0.25, 0.3) is 0 Å². The quantitative estimate of drug-likeness (QED) is 0.865. The number of hydrogen-bond donors (Lipinski definition) is 1. The number of likely N-dealkylation sites (tertiary alicyclic amines) is 1. The van der Waals surface area contributed by atoms with Crippen LogP contribution in [0.3, 0.4) is 0 Å². The Bertz CT molecular complexity index is 345. The fourth-order valence-electron chi connectivity index (χ4n) is 3.04. The lowest BCUT2D eigenvalue weighted by atomic mass is 9.95. The fraction of sp³-hybridized carbons (Fsp3) is 0.600. The minimum absolute atomic E-state index is 0.315. The van der Waals surface area contributed by atoms with E-state index in [0.29, 0.717) is 11.6 Å². The molecule has 2 heteroatoms. The van der Waals surface area contributed by atoms with Gasteiger partial charge in [-0.3, -0.25) is 4.90 Å². The summed E-state index contributed by atoms with van der Waals surface area (Å²) in [6, 6.07) is 11.3. The van der Waals surface area contributed by atoms with Crippen LogP contribution in [-0.4, -0.2) is 23.5 Å². The van der Waals surface area contributed by atoms with Crippen LogP contribution in [0.1, 0.15) is 44.7 Å². The van der Waals surface area contributed by atoms with Gasteiger partial charge in [0.15, 0.2) is 0 Å². The van der Waals surface area contributed by atoms with Crippen molar-refractivity contribution in [2.24, 2.45) is 5.73 Å². The summed E-state index contributed by atoms with van der Waals surface area (Å²) in [6.07, 6.45) is 3.65. The van der Waals surface area contributed by atoms with Gasteiger partial charge in [-0.1, -0.05) is 30.3 Å². The molecule has 1 saturated heterocycles. The Labute approximate surface area is 105 Å². The summed E-state index contributed by atoms with van der Waals surface area (Å²) in [5, 5.41) is 0. The minimum Gasteiger partial charge on any atom is -0.330 e. The summed E-state index contributed by atoms with van der Waals surface area (Å²) in [5.41, 5.74) is 7.52. The van der Waals surface area contributed by atoms with Gasteiger partial charge in [0, 0.05) is 11.6 Å². The monoisotopic (exact) mass is 232 g/mol. The summed E-state index contributed by atoms with van der Waals surface area (Å²) < 4.78 is 0. The molecular weight excluding hydrogens is 208 g/mol. The number of hydrogen-bond acceptors (Lipinski definition) is 2. The first-order valence-corrected chi connectivity index (χ1v) is 6.67. The maximum atomic E-state index is 5.80. The normalized spacial score (nSPS) is 21.6. The molecule has 0 amide bonds. The zero-order chi connectivity index (χ0) is 12.3. The minimum atomic E-state index is 0.315. The highest BCUT2D eigenvalue weighted by Gasteiger charge is 2.36. The predicted octanol–water partition coefficient (Wildman–Crippen LogP) is 2.95. The average Bonchev–Trinajstić information content (AvgIpc) is 2.67. The molecule has 0 aromatic heterocycles. The third kappa shape index (κ3) is 2.70. The third-order valence-electron chi connectivity index (χ3n) is 3.97.